The van der Waals surface area contributed by atoms with Crippen LogP contribution in [0, 0.1) is 5.92 Å². The van der Waals surface area contributed by atoms with E-state index in [1.165, 1.54) is 12.8 Å². The maximum absolute atomic E-state index is 5.99. The third-order valence-corrected chi connectivity index (χ3v) is 3.81. The van der Waals surface area contributed by atoms with Crippen LogP contribution in [-0.2, 0) is 6.42 Å². The molecule has 1 aromatic rings. The van der Waals surface area contributed by atoms with Crippen LogP contribution < -0.4 is 5.73 Å². The zero-order chi connectivity index (χ0) is 13.1. The molecule has 2 rings (SSSR count). The Morgan fingerprint density at radius 3 is 2.56 bits per heavy atom. The molecule has 0 saturated heterocycles. The molecule has 1 aliphatic carbocycles. The number of aryl methyl sites for hydroxylation is 1. The molecule has 3 nitrogen and oxygen atoms in total. The van der Waals surface area contributed by atoms with Gasteiger partial charge in [0.15, 0.2) is 0 Å². The third kappa shape index (κ3) is 3.15. The molecule has 1 unspecified atom stereocenters. The number of rotatable bonds is 7. The van der Waals surface area contributed by atoms with Gasteiger partial charge in [-0.3, -0.25) is 4.90 Å². The second-order valence-corrected chi connectivity index (χ2v) is 5.64. The van der Waals surface area contributed by atoms with E-state index in [2.05, 4.69) is 37.8 Å². The number of nitrogens with two attached hydrogens (primary N) is 1. The quantitative estimate of drug-likeness (QED) is 0.809. The molecule has 0 aromatic carbocycles. The zero-order valence-corrected chi connectivity index (χ0v) is 11.9. The Hall–Kier alpha value is -0.800. The summed E-state index contributed by atoms with van der Waals surface area (Å²) in [5.74, 6) is 2.96. The van der Waals surface area contributed by atoms with Crippen LogP contribution in [0.5, 0.6) is 0 Å². The van der Waals surface area contributed by atoms with E-state index in [1.54, 1.807) is 0 Å². The maximum atomic E-state index is 5.99. The lowest BCUT2D eigenvalue weighted by Crippen LogP contribution is -2.39. The fourth-order valence-corrected chi connectivity index (χ4v) is 2.48. The summed E-state index contributed by atoms with van der Waals surface area (Å²) >= 11 is 0. The van der Waals surface area contributed by atoms with Gasteiger partial charge in [-0.05, 0) is 44.7 Å². The summed E-state index contributed by atoms with van der Waals surface area (Å²) < 4.78 is 5.90. The Labute approximate surface area is 110 Å². The Balaban J connectivity index is 2.12. The average molecular weight is 250 g/mol. The monoisotopic (exact) mass is 250 g/mol. The number of nitrogens with zero attached hydrogens (tertiary/aromatic N) is 1. The van der Waals surface area contributed by atoms with Gasteiger partial charge in [-0.2, -0.15) is 0 Å². The Morgan fingerprint density at radius 1 is 1.39 bits per heavy atom. The molecule has 1 aromatic heterocycles. The smallest absolute Gasteiger partial charge is 0.122 e. The fraction of sp³-hybridized carbons (Fsp3) is 0.733. The summed E-state index contributed by atoms with van der Waals surface area (Å²) in [6, 6.07) is 4.91. The van der Waals surface area contributed by atoms with Crippen LogP contribution in [0.3, 0.4) is 0 Å². The molecular weight excluding hydrogens is 224 g/mol. The molecule has 1 aliphatic rings. The predicted molar refractivity (Wildman–Crippen MR) is 74.4 cm³/mol. The van der Waals surface area contributed by atoms with Crippen molar-refractivity contribution in [2.45, 2.75) is 52.1 Å². The van der Waals surface area contributed by atoms with Crippen LogP contribution in [0.4, 0.5) is 0 Å². The normalized spacial score (nSPS) is 17.7. The van der Waals surface area contributed by atoms with Gasteiger partial charge in [0.2, 0.25) is 0 Å². The van der Waals surface area contributed by atoms with E-state index in [9.17, 15) is 0 Å². The van der Waals surface area contributed by atoms with Gasteiger partial charge in [-0.15, -0.1) is 0 Å². The molecule has 0 amide bonds. The van der Waals surface area contributed by atoms with Crippen molar-refractivity contribution in [3.8, 4) is 0 Å². The van der Waals surface area contributed by atoms with Crippen LogP contribution in [0.2, 0.25) is 0 Å². The van der Waals surface area contributed by atoms with E-state index in [-0.39, 0.29) is 6.04 Å². The Kier molecular flexibility index (Phi) is 4.46. The largest absolute Gasteiger partial charge is 0.464 e. The van der Waals surface area contributed by atoms with Gasteiger partial charge in [0, 0.05) is 25.6 Å². The van der Waals surface area contributed by atoms with E-state index >= 15 is 0 Å². The second-order valence-electron chi connectivity index (χ2n) is 5.64. The van der Waals surface area contributed by atoms with Crippen LogP contribution in [0.25, 0.3) is 0 Å². The maximum Gasteiger partial charge on any atom is 0.122 e. The van der Waals surface area contributed by atoms with Gasteiger partial charge in [-0.25, -0.2) is 0 Å². The van der Waals surface area contributed by atoms with Crippen molar-refractivity contribution in [2.24, 2.45) is 11.7 Å². The third-order valence-electron chi connectivity index (χ3n) is 3.81. The molecule has 0 spiro atoms. The van der Waals surface area contributed by atoms with Crippen molar-refractivity contribution in [1.82, 2.24) is 4.90 Å². The van der Waals surface area contributed by atoms with E-state index in [0.29, 0.717) is 12.6 Å². The minimum atomic E-state index is 0.228. The number of furan rings is 1. The summed E-state index contributed by atoms with van der Waals surface area (Å²) in [5.41, 5.74) is 5.99. The molecule has 0 radical (unpaired) electrons. The minimum absolute atomic E-state index is 0.228. The van der Waals surface area contributed by atoms with E-state index < -0.39 is 0 Å². The summed E-state index contributed by atoms with van der Waals surface area (Å²) in [5, 5.41) is 0. The molecular formula is C15H26N2O. The summed E-state index contributed by atoms with van der Waals surface area (Å²) in [6.07, 6.45) is 3.69. The van der Waals surface area contributed by atoms with Crippen LogP contribution in [0.15, 0.2) is 16.5 Å². The standard InChI is InChI=1S/C15H26N2O/c1-4-13-7-8-15(18-13)14(9-16)17(11(2)3)10-12-5-6-12/h7-8,11-12,14H,4-6,9-10,16H2,1-3H3. The van der Waals surface area contributed by atoms with Crippen molar-refractivity contribution in [1.29, 1.82) is 0 Å². The van der Waals surface area contributed by atoms with Gasteiger partial charge in [-0.1, -0.05) is 6.92 Å². The summed E-state index contributed by atoms with van der Waals surface area (Å²) in [6.45, 7) is 8.39. The minimum Gasteiger partial charge on any atom is -0.464 e. The molecule has 1 fully saturated rings. The first-order chi connectivity index (χ1) is 8.65. The molecule has 1 atom stereocenters. The number of hydrogen-bond donors (Lipinski definition) is 1. The van der Waals surface area contributed by atoms with Crippen molar-refractivity contribution >= 4 is 0 Å². The molecule has 18 heavy (non-hydrogen) atoms. The first-order valence-corrected chi connectivity index (χ1v) is 7.20. The average Bonchev–Trinajstić information content (AvgIpc) is 3.05. The lowest BCUT2D eigenvalue weighted by atomic mass is 10.1. The van der Waals surface area contributed by atoms with Gasteiger partial charge in [0.25, 0.3) is 0 Å². The highest BCUT2D eigenvalue weighted by molar-refractivity contribution is 5.12. The molecule has 1 heterocycles. The van der Waals surface area contributed by atoms with E-state index in [1.807, 2.05) is 0 Å². The Bertz CT molecular complexity index is 368. The van der Waals surface area contributed by atoms with Crippen LogP contribution in [0.1, 0.15) is 51.2 Å². The van der Waals surface area contributed by atoms with E-state index in [4.69, 9.17) is 10.2 Å². The molecule has 3 heteroatoms. The number of hydrogen-bond acceptors (Lipinski definition) is 3. The highest BCUT2D eigenvalue weighted by atomic mass is 16.3. The second kappa shape index (κ2) is 5.89. The highest BCUT2D eigenvalue weighted by Crippen LogP contribution is 2.34. The summed E-state index contributed by atoms with van der Waals surface area (Å²) in [7, 11) is 0. The molecule has 0 aliphatic heterocycles. The van der Waals surface area contributed by atoms with Crippen LogP contribution in [-0.4, -0.2) is 24.0 Å². The van der Waals surface area contributed by atoms with Gasteiger partial charge in [0.05, 0.1) is 6.04 Å². The van der Waals surface area contributed by atoms with Gasteiger partial charge in [0.1, 0.15) is 11.5 Å². The van der Waals surface area contributed by atoms with Gasteiger partial charge < -0.3 is 10.2 Å². The van der Waals surface area contributed by atoms with E-state index in [0.717, 1.165) is 30.4 Å². The molecule has 2 N–H and O–H groups in total. The lowest BCUT2D eigenvalue weighted by Gasteiger charge is -2.33. The Morgan fingerprint density at radius 2 is 2.11 bits per heavy atom. The van der Waals surface area contributed by atoms with Gasteiger partial charge >= 0.3 is 0 Å². The SMILES string of the molecule is CCc1ccc(C(CN)N(CC2CC2)C(C)C)o1. The molecule has 1 saturated carbocycles. The van der Waals surface area contributed by atoms with Crippen molar-refractivity contribution in [2.75, 3.05) is 13.1 Å². The first-order valence-electron chi connectivity index (χ1n) is 7.20. The van der Waals surface area contributed by atoms with Crippen molar-refractivity contribution < 1.29 is 4.42 Å². The predicted octanol–water partition coefficient (Wildman–Crippen LogP) is 2.96. The van der Waals surface area contributed by atoms with Crippen molar-refractivity contribution in [3.05, 3.63) is 23.7 Å². The first kappa shape index (κ1) is 13.6. The zero-order valence-electron chi connectivity index (χ0n) is 11.9. The topological polar surface area (TPSA) is 42.4 Å². The van der Waals surface area contributed by atoms with Crippen LogP contribution >= 0.6 is 0 Å². The fourth-order valence-electron chi connectivity index (χ4n) is 2.48. The molecule has 102 valence electrons. The molecule has 0 bridgehead atoms. The lowest BCUT2D eigenvalue weighted by molar-refractivity contribution is 0.132. The highest BCUT2D eigenvalue weighted by Gasteiger charge is 2.31. The van der Waals surface area contributed by atoms with Crippen molar-refractivity contribution in [3.63, 3.8) is 0 Å². The summed E-state index contributed by atoms with van der Waals surface area (Å²) in [4.78, 5) is 2.50.